The maximum Gasteiger partial charge on any atom is 0.0637 e. The summed E-state index contributed by atoms with van der Waals surface area (Å²) in [5.41, 5.74) is 1.20. The van der Waals surface area contributed by atoms with E-state index in [2.05, 4.69) is 28.3 Å². The molecule has 0 aliphatic carbocycles. The summed E-state index contributed by atoms with van der Waals surface area (Å²) in [7, 11) is 1.97. The van der Waals surface area contributed by atoms with Crippen molar-refractivity contribution in [2.75, 3.05) is 26.2 Å². The van der Waals surface area contributed by atoms with Crippen LogP contribution >= 0.6 is 0 Å². The Bertz CT molecular complexity index is 321. The molecule has 2 heterocycles. The van der Waals surface area contributed by atoms with Crippen LogP contribution < -0.4 is 5.32 Å². The highest BCUT2D eigenvalue weighted by Gasteiger charge is 2.20. The van der Waals surface area contributed by atoms with Gasteiger partial charge in [0.25, 0.3) is 0 Å². The van der Waals surface area contributed by atoms with Gasteiger partial charge in [0.2, 0.25) is 0 Å². The van der Waals surface area contributed by atoms with Crippen LogP contribution in [0.25, 0.3) is 0 Å². The number of hydrogen-bond acceptors (Lipinski definition) is 3. The summed E-state index contributed by atoms with van der Waals surface area (Å²) in [6.07, 6.45) is 4.37. The molecule has 0 radical (unpaired) electrons. The van der Waals surface area contributed by atoms with E-state index in [-0.39, 0.29) is 0 Å². The summed E-state index contributed by atoms with van der Waals surface area (Å²) in [5, 5.41) is 7.92. The fourth-order valence-electron chi connectivity index (χ4n) is 2.36. The number of nitrogens with zero attached hydrogens (tertiary/aromatic N) is 3. The number of aryl methyl sites for hydroxylation is 1. The topological polar surface area (TPSA) is 33.1 Å². The molecule has 2 rings (SSSR count). The van der Waals surface area contributed by atoms with Crippen LogP contribution in [0, 0.1) is 0 Å². The Morgan fingerprint density at radius 2 is 2.44 bits per heavy atom. The Labute approximate surface area is 97.6 Å². The van der Waals surface area contributed by atoms with Crippen LogP contribution in [-0.4, -0.2) is 46.9 Å². The predicted octanol–water partition coefficient (Wildman–Crippen LogP) is 0.646. The highest BCUT2D eigenvalue weighted by Crippen LogP contribution is 2.09. The van der Waals surface area contributed by atoms with E-state index < -0.39 is 0 Å². The van der Waals surface area contributed by atoms with Gasteiger partial charge in [-0.25, -0.2) is 0 Å². The molecule has 4 nitrogen and oxygen atoms in total. The lowest BCUT2D eigenvalue weighted by atomic mass is 10.3. The molecule has 0 aromatic carbocycles. The summed E-state index contributed by atoms with van der Waals surface area (Å²) in [4.78, 5) is 2.53. The quantitative estimate of drug-likeness (QED) is 0.794. The molecule has 1 aliphatic heterocycles. The van der Waals surface area contributed by atoms with E-state index in [4.69, 9.17) is 0 Å². The smallest absolute Gasteiger partial charge is 0.0637 e. The van der Waals surface area contributed by atoms with Crippen LogP contribution in [0.2, 0.25) is 0 Å². The van der Waals surface area contributed by atoms with Crippen molar-refractivity contribution >= 4 is 0 Å². The molecule has 0 spiro atoms. The standard InChI is InChI=1S/C12H22N4/c1-3-13-12-6-9-16(10-12)8-5-11-4-7-15(2)14-11/h4,7,12-13H,3,5-6,8-10H2,1-2H3. The first kappa shape index (κ1) is 11.6. The maximum atomic E-state index is 4.40. The maximum absolute atomic E-state index is 4.40. The summed E-state index contributed by atoms with van der Waals surface area (Å²) in [5.74, 6) is 0. The van der Waals surface area contributed by atoms with Crippen LogP contribution in [0.4, 0.5) is 0 Å². The van der Waals surface area contributed by atoms with Crippen molar-refractivity contribution in [2.24, 2.45) is 7.05 Å². The van der Waals surface area contributed by atoms with E-state index in [9.17, 15) is 0 Å². The molecule has 0 amide bonds. The minimum atomic E-state index is 0.703. The lowest BCUT2D eigenvalue weighted by Gasteiger charge is -2.15. The van der Waals surface area contributed by atoms with Crippen LogP contribution in [-0.2, 0) is 13.5 Å². The molecule has 90 valence electrons. The first-order valence-corrected chi connectivity index (χ1v) is 6.22. The third-order valence-electron chi connectivity index (χ3n) is 3.22. The van der Waals surface area contributed by atoms with Crippen LogP contribution in [0.15, 0.2) is 12.3 Å². The zero-order valence-corrected chi connectivity index (χ0v) is 10.3. The van der Waals surface area contributed by atoms with E-state index in [0.29, 0.717) is 6.04 Å². The number of nitrogens with one attached hydrogen (secondary N) is 1. The van der Waals surface area contributed by atoms with Gasteiger partial charge in [-0.05, 0) is 25.6 Å². The largest absolute Gasteiger partial charge is 0.313 e. The first-order valence-electron chi connectivity index (χ1n) is 6.22. The minimum absolute atomic E-state index is 0.703. The number of likely N-dealkylation sites (N-methyl/N-ethyl adjacent to an activating group) is 1. The second kappa shape index (κ2) is 5.46. The summed E-state index contributed by atoms with van der Waals surface area (Å²) < 4.78 is 1.88. The van der Waals surface area contributed by atoms with Crippen molar-refractivity contribution in [3.63, 3.8) is 0 Å². The highest BCUT2D eigenvalue weighted by atomic mass is 15.3. The summed E-state index contributed by atoms with van der Waals surface area (Å²) in [6, 6.07) is 2.81. The van der Waals surface area contributed by atoms with Crippen LogP contribution in [0.1, 0.15) is 19.0 Å². The van der Waals surface area contributed by atoms with Gasteiger partial charge in [-0.3, -0.25) is 4.68 Å². The normalized spacial score (nSPS) is 21.8. The Balaban J connectivity index is 1.71. The molecular weight excluding hydrogens is 200 g/mol. The van der Waals surface area contributed by atoms with Gasteiger partial charge in [0.1, 0.15) is 0 Å². The second-order valence-corrected chi connectivity index (χ2v) is 4.57. The highest BCUT2D eigenvalue weighted by molar-refractivity contribution is 4.99. The molecule has 1 N–H and O–H groups in total. The van der Waals surface area contributed by atoms with E-state index in [1.54, 1.807) is 0 Å². The molecule has 1 aromatic heterocycles. The average molecular weight is 222 g/mol. The molecule has 1 atom stereocenters. The molecule has 16 heavy (non-hydrogen) atoms. The zero-order chi connectivity index (χ0) is 11.4. The summed E-state index contributed by atoms with van der Waals surface area (Å²) in [6.45, 7) is 6.82. The molecular formula is C12H22N4. The number of aromatic nitrogens is 2. The van der Waals surface area contributed by atoms with E-state index in [0.717, 1.165) is 19.5 Å². The van der Waals surface area contributed by atoms with Gasteiger partial charge in [0.05, 0.1) is 5.69 Å². The van der Waals surface area contributed by atoms with Gasteiger partial charge in [0, 0.05) is 38.8 Å². The fourth-order valence-corrected chi connectivity index (χ4v) is 2.36. The van der Waals surface area contributed by atoms with Crippen LogP contribution in [0.5, 0.6) is 0 Å². The Morgan fingerprint density at radius 3 is 3.12 bits per heavy atom. The van der Waals surface area contributed by atoms with E-state index in [1.807, 2.05) is 17.9 Å². The van der Waals surface area contributed by atoms with Crippen molar-refractivity contribution in [2.45, 2.75) is 25.8 Å². The zero-order valence-electron chi connectivity index (χ0n) is 10.3. The molecule has 1 aliphatic rings. The molecule has 4 heteroatoms. The SMILES string of the molecule is CCNC1CCN(CCc2ccn(C)n2)C1. The third kappa shape index (κ3) is 3.06. The molecule has 1 fully saturated rings. The molecule has 0 saturated carbocycles. The van der Waals surface area contributed by atoms with Crippen molar-refractivity contribution in [1.82, 2.24) is 20.0 Å². The van der Waals surface area contributed by atoms with Crippen LogP contribution in [0.3, 0.4) is 0 Å². The number of hydrogen-bond donors (Lipinski definition) is 1. The predicted molar refractivity (Wildman–Crippen MR) is 65.4 cm³/mol. The Kier molecular flexibility index (Phi) is 3.96. The average Bonchev–Trinajstić information content (AvgIpc) is 2.85. The summed E-state index contributed by atoms with van der Waals surface area (Å²) >= 11 is 0. The van der Waals surface area contributed by atoms with Crippen molar-refractivity contribution in [3.05, 3.63) is 18.0 Å². The number of likely N-dealkylation sites (tertiary alicyclic amines) is 1. The Hall–Kier alpha value is -0.870. The third-order valence-corrected chi connectivity index (χ3v) is 3.22. The second-order valence-electron chi connectivity index (χ2n) is 4.57. The molecule has 1 aromatic rings. The van der Waals surface area contributed by atoms with Crippen molar-refractivity contribution in [3.8, 4) is 0 Å². The Morgan fingerprint density at radius 1 is 1.56 bits per heavy atom. The number of rotatable bonds is 5. The molecule has 1 unspecified atom stereocenters. The minimum Gasteiger partial charge on any atom is -0.313 e. The van der Waals surface area contributed by atoms with E-state index in [1.165, 1.54) is 25.2 Å². The van der Waals surface area contributed by atoms with Gasteiger partial charge < -0.3 is 10.2 Å². The lowest BCUT2D eigenvalue weighted by Crippen LogP contribution is -2.32. The van der Waals surface area contributed by atoms with Crippen molar-refractivity contribution < 1.29 is 0 Å². The van der Waals surface area contributed by atoms with E-state index >= 15 is 0 Å². The van der Waals surface area contributed by atoms with Crippen molar-refractivity contribution in [1.29, 1.82) is 0 Å². The van der Waals surface area contributed by atoms with Gasteiger partial charge in [-0.1, -0.05) is 6.92 Å². The first-order chi connectivity index (χ1) is 7.78. The monoisotopic (exact) mass is 222 g/mol. The molecule has 1 saturated heterocycles. The lowest BCUT2D eigenvalue weighted by molar-refractivity contribution is 0.331. The van der Waals surface area contributed by atoms with Gasteiger partial charge in [-0.15, -0.1) is 0 Å². The fraction of sp³-hybridized carbons (Fsp3) is 0.750. The van der Waals surface area contributed by atoms with Gasteiger partial charge >= 0.3 is 0 Å². The van der Waals surface area contributed by atoms with Gasteiger partial charge in [0.15, 0.2) is 0 Å². The van der Waals surface area contributed by atoms with Gasteiger partial charge in [-0.2, -0.15) is 5.10 Å². The molecule has 0 bridgehead atoms.